The molecule has 0 fully saturated rings. The fourth-order valence-corrected chi connectivity index (χ4v) is 1.60. The topological polar surface area (TPSA) is 64.6 Å². The number of methoxy groups -OCH3 is 1. The molecular weight excluding hydrogens is 258 g/mol. The Bertz CT molecular complexity index is 448. The largest absolute Gasteiger partial charge is 0.493 e. The van der Waals surface area contributed by atoms with Crippen molar-refractivity contribution in [3.63, 3.8) is 0 Å². The van der Waals surface area contributed by atoms with Gasteiger partial charge in [0.1, 0.15) is 12.9 Å². The number of carbonyl (C=O) groups excluding carboxylic acids is 2. The van der Waals surface area contributed by atoms with E-state index in [1.807, 2.05) is 0 Å². The molecule has 6 heteroatoms. The van der Waals surface area contributed by atoms with Crippen LogP contribution in [0.3, 0.4) is 0 Å². The third-order valence-corrected chi connectivity index (χ3v) is 2.39. The summed E-state index contributed by atoms with van der Waals surface area (Å²) >= 11 is 5.98. The zero-order valence-electron chi connectivity index (χ0n) is 10.2. The van der Waals surface area contributed by atoms with Gasteiger partial charge in [-0.25, -0.2) is 0 Å². The molecule has 5 nitrogen and oxygen atoms in total. The normalized spacial score (nSPS) is 9.72. The highest BCUT2D eigenvalue weighted by Crippen LogP contribution is 2.35. The number of carbonyl (C=O) groups is 2. The maximum absolute atomic E-state index is 10.7. The molecule has 0 aliphatic carbocycles. The molecule has 0 saturated carbocycles. The number of hydrogen-bond donors (Lipinski definition) is 1. The lowest BCUT2D eigenvalue weighted by molar-refractivity contribution is -0.119. The van der Waals surface area contributed by atoms with Gasteiger partial charge in [0.25, 0.3) is 0 Å². The first-order valence-corrected chi connectivity index (χ1v) is 5.66. The summed E-state index contributed by atoms with van der Waals surface area (Å²) in [5.41, 5.74) is 0.408. The fourth-order valence-electron chi connectivity index (χ4n) is 1.33. The molecule has 0 heterocycles. The Morgan fingerprint density at radius 1 is 1.50 bits per heavy atom. The molecule has 1 aromatic rings. The molecular formula is C12H14ClNO4. The molecule has 0 radical (unpaired) electrons. The third kappa shape index (κ3) is 3.92. The van der Waals surface area contributed by atoms with Crippen molar-refractivity contribution in [2.45, 2.75) is 6.92 Å². The van der Waals surface area contributed by atoms with E-state index in [4.69, 9.17) is 21.1 Å². The van der Waals surface area contributed by atoms with Crippen LogP contribution in [0.25, 0.3) is 0 Å². The maximum Gasteiger partial charge on any atom is 0.216 e. The van der Waals surface area contributed by atoms with E-state index in [-0.39, 0.29) is 12.5 Å². The van der Waals surface area contributed by atoms with Crippen molar-refractivity contribution in [2.24, 2.45) is 0 Å². The van der Waals surface area contributed by atoms with Crippen LogP contribution in [0.2, 0.25) is 5.02 Å². The average Bonchev–Trinajstić information content (AvgIpc) is 2.34. The minimum atomic E-state index is -0.132. The summed E-state index contributed by atoms with van der Waals surface area (Å²) in [6.45, 7) is 2.05. The monoisotopic (exact) mass is 271 g/mol. The highest BCUT2D eigenvalue weighted by Gasteiger charge is 2.11. The Labute approximate surface area is 110 Å². The molecule has 0 atom stereocenters. The van der Waals surface area contributed by atoms with Crippen LogP contribution in [0.5, 0.6) is 11.5 Å². The minimum Gasteiger partial charge on any atom is -0.493 e. The van der Waals surface area contributed by atoms with Crippen LogP contribution in [0, 0.1) is 0 Å². The summed E-state index contributed by atoms with van der Waals surface area (Å²) in [4.78, 5) is 21.3. The average molecular weight is 272 g/mol. The Balaban J connectivity index is 2.75. The van der Waals surface area contributed by atoms with E-state index in [0.717, 1.165) is 0 Å². The summed E-state index contributed by atoms with van der Waals surface area (Å²) < 4.78 is 10.5. The zero-order valence-corrected chi connectivity index (χ0v) is 10.9. The van der Waals surface area contributed by atoms with Crippen molar-refractivity contribution >= 4 is 23.8 Å². The van der Waals surface area contributed by atoms with Crippen molar-refractivity contribution in [2.75, 3.05) is 20.3 Å². The first-order valence-electron chi connectivity index (χ1n) is 5.28. The van der Waals surface area contributed by atoms with Crippen LogP contribution in [-0.4, -0.2) is 32.5 Å². The molecule has 98 valence electrons. The summed E-state index contributed by atoms with van der Waals surface area (Å²) in [5.74, 6) is 0.607. The van der Waals surface area contributed by atoms with Gasteiger partial charge >= 0.3 is 0 Å². The quantitative estimate of drug-likeness (QED) is 0.631. The van der Waals surface area contributed by atoms with Crippen molar-refractivity contribution in [1.82, 2.24) is 5.32 Å². The molecule has 1 aromatic carbocycles. The standard InChI is InChI=1S/C12H14ClNO4/c1-8(16)14-3-4-18-12-10(13)5-9(7-15)6-11(12)17-2/h5-7H,3-4H2,1-2H3,(H,14,16). The van der Waals surface area contributed by atoms with Gasteiger partial charge < -0.3 is 14.8 Å². The molecule has 0 aromatic heterocycles. The van der Waals surface area contributed by atoms with E-state index >= 15 is 0 Å². The van der Waals surface area contributed by atoms with E-state index in [9.17, 15) is 9.59 Å². The first-order chi connectivity index (χ1) is 8.58. The van der Waals surface area contributed by atoms with Gasteiger partial charge in [-0.15, -0.1) is 0 Å². The fraction of sp³-hybridized carbons (Fsp3) is 0.333. The SMILES string of the molecule is COc1cc(C=O)cc(Cl)c1OCCNC(C)=O. The molecule has 18 heavy (non-hydrogen) atoms. The van der Waals surface area contributed by atoms with Gasteiger partial charge in [0.15, 0.2) is 11.5 Å². The second-order valence-corrected chi connectivity index (χ2v) is 3.89. The summed E-state index contributed by atoms with van der Waals surface area (Å²) in [5, 5.41) is 2.88. The Hall–Kier alpha value is -1.75. The molecule has 1 N–H and O–H groups in total. The Morgan fingerprint density at radius 3 is 2.78 bits per heavy atom. The first kappa shape index (κ1) is 14.3. The maximum atomic E-state index is 10.7. The summed E-state index contributed by atoms with van der Waals surface area (Å²) in [6.07, 6.45) is 0.676. The molecule has 0 spiro atoms. The van der Waals surface area contributed by atoms with Crippen LogP contribution >= 0.6 is 11.6 Å². The third-order valence-electron chi connectivity index (χ3n) is 2.11. The number of rotatable bonds is 6. The van der Waals surface area contributed by atoms with Gasteiger partial charge in [0.05, 0.1) is 18.7 Å². The second-order valence-electron chi connectivity index (χ2n) is 3.48. The number of aldehydes is 1. The van der Waals surface area contributed by atoms with E-state index in [2.05, 4.69) is 5.32 Å². The summed E-state index contributed by atoms with van der Waals surface area (Å²) in [7, 11) is 1.46. The molecule has 1 amide bonds. The van der Waals surface area contributed by atoms with E-state index in [0.29, 0.717) is 34.9 Å². The van der Waals surface area contributed by atoms with Gasteiger partial charge in [-0.05, 0) is 12.1 Å². The molecule has 1 rings (SSSR count). The molecule has 0 aliphatic rings. The second kappa shape index (κ2) is 6.86. The van der Waals surface area contributed by atoms with Crippen molar-refractivity contribution in [1.29, 1.82) is 0 Å². The minimum absolute atomic E-state index is 0.132. The van der Waals surface area contributed by atoms with E-state index in [1.165, 1.54) is 26.2 Å². The van der Waals surface area contributed by atoms with Crippen molar-refractivity contribution < 1.29 is 19.1 Å². The van der Waals surface area contributed by atoms with Crippen LogP contribution < -0.4 is 14.8 Å². The zero-order chi connectivity index (χ0) is 13.5. The number of ether oxygens (including phenoxy) is 2. The lowest BCUT2D eigenvalue weighted by Gasteiger charge is -2.13. The van der Waals surface area contributed by atoms with Gasteiger partial charge in [-0.2, -0.15) is 0 Å². The highest BCUT2D eigenvalue weighted by molar-refractivity contribution is 6.32. The van der Waals surface area contributed by atoms with E-state index in [1.54, 1.807) is 0 Å². The molecule has 0 aliphatic heterocycles. The number of hydrogen-bond acceptors (Lipinski definition) is 4. The van der Waals surface area contributed by atoms with Crippen LogP contribution in [0.1, 0.15) is 17.3 Å². The summed E-state index contributed by atoms with van der Waals surface area (Å²) in [6, 6.07) is 3.03. The van der Waals surface area contributed by atoms with Gasteiger partial charge in [0, 0.05) is 12.5 Å². The van der Waals surface area contributed by atoms with Crippen LogP contribution in [0.15, 0.2) is 12.1 Å². The van der Waals surface area contributed by atoms with Crippen LogP contribution in [-0.2, 0) is 4.79 Å². The number of benzene rings is 1. The number of amides is 1. The number of halogens is 1. The Kier molecular flexibility index (Phi) is 5.45. The molecule has 0 unspecified atom stereocenters. The van der Waals surface area contributed by atoms with Crippen molar-refractivity contribution in [3.8, 4) is 11.5 Å². The lowest BCUT2D eigenvalue weighted by Crippen LogP contribution is -2.25. The van der Waals surface area contributed by atoms with Crippen molar-refractivity contribution in [3.05, 3.63) is 22.7 Å². The van der Waals surface area contributed by atoms with Gasteiger partial charge in [-0.3, -0.25) is 9.59 Å². The molecule has 0 bridgehead atoms. The molecule has 0 saturated heterocycles. The smallest absolute Gasteiger partial charge is 0.216 e. The predicted octanol–water partition coefficient (Wildman–Crippen LogP) is 1.68. The lowest BCUT2D eigenvalue weighted by atomic mass is 10.2. The van der Waals surface area contributed by atoms with Crippen LogP contribution in [0.4, 0.5) is 0 Å². The number of nitrogens with one attached hydrogen (secondary N) is 1. The van der Waals surface area contributed by atoms with E-state index < -0.39 is 0 Å². The van der Waals surface area contributed by atoms with Gasteiger partial charge in [0.2, 0.25) is 5.91 Å². The van der Waals surface area contributed by atoms with Gasteiger partial charge in [-0.1, -0.05) is 11.6 Å². The Morgan fingerprint density at radius 2 is 2.22 bits per heavy atom. The predicted molar refractivity (Wildman–Crippen MR) is 67.6 cm³/mol. The highest BCUT2D eigenvalue weighted by atomic mass is 35.5.